The average molecular weight is 337 g/mol. The Labute approximate surface area is 150 Å². The van der Waals surface area contributed by atoms with Crippen LogP contribution in [0.2, 0.25) is 0 Å². The summed E-state index contributed by atoms with van der Waals surface area (Å²) in [6.45, 7) is 6.26. The van der Waals surface area contributed by atoms with E-state index in [1.54, 1.807) is 0 Å². The van der Waals surface area contributed by atoms with Crippen LogP contribution in [0.5, 0.6) is 0 Å². The molecule has 25 heavy (non-hydrogen) atoms. The van der Waals surface area contributed by atoms with Gasteiger partial charge in [0, 0.05) is 51.2 Å². The van der Waals surface area contributed by atoms with Crippen LogP contribution < -0.4 is 14.7 Å². The lowest BCUT2D eigenvalue weighted by atomic mass is 10.2. The van der Waals surface area contributed by atoms with E-state index in [1.807, 2.05) is 6.20 Å². The first-order valence-electron chi connectivity index (χ1n) is 9.53. The summed E-state index contributed by atoms with van der Waals surface area (Å²) in [5.74, 6) is 1.98. The highest BCUT2D eigenvalue weighted by molar-refractivity contribution is 5.50. The van der Waals surface area contributed by atoms with Crippen molar-refractivity contribution in [3.63, 3.8) is 0 Å². The van der Waals surface area contributed by atoms with Crippen molar-refractivity contribution in [3.8, 4) is 0 Å². The van der Waals surface area contributed by atoms with Crippen molar-refractivity contribution in [1.29, 1.82) is 0 Å². The lowest BCUT2D eigenvalue weighted by molar-refractivity contribution is 0.645. The van der Waals surface area contributed by atoms with Crippen molar-refractivity contribution in [1.82, 2.24) is 9.97 Å². The number of para-hydroxylation sites is 1. The van der Waals surface area contributed by atoms with Crippen molar-refractivity contribution in [2.24, 2.45) is 0 Å². The van der Waals surface area contributed by atoms with Gasteiger partial charge in [-0.05, 0) is 31.0 Å². The number of anilines is 3. The first kappa shape index (κ1) is 16.2. The van der Waals surface area contributed by atoms with Crippen molar-refractivity contribution in [3.05, 3.63) is 42.6 Å². The number of aromatic nitrogens is 2. The molecular formula is C20H27N5. The van der Waals surface area contributed by atoms with Gasteiger partial charge < -0.3 is 14.7 Å². The van der Waals surface area contributed by atoms with Gasteiger partial charge in [-0.25, -0.2) is 4.98 Å². The fourth-order valence-electron chi connectivity index (χ4n) is 3.77. The number of hydrogen-bond donors (Lipinski definition) is 0. The van der Waals surface area contributed by atoms with E-state index in [0.29, 0.717) is 0 Å². The molecule has 4 rings (SSSR count). The number of rotatable bonds is 3. The van der Waals surface area contributed by atoms with Gasteiger partial charge in [-0.3, -0.25) is 0 Å². The standard InChI is InChI=1S/C20H27N5/c1-2-7-13-25(12-6-1)20-21-11-10-19(22-20)24-16-14-23(15-17-24)18-8-4-3-5-9-18/h3-5,8-11H,1-2,6-7,12-17H2. The zero-order valence-corrected chi connectivity index (χ0v) is 14.8. The van der Waals surface area contributed by atoms with E-state index in [0.717, 1.165) is 51.0 Å². The molecule has 0 unspecified atom stereocenters. The van der Waals surface area contributed by atoms with Crippen molar-refractivity contribution < 1.29 is 0 Å². The molecule has 0 N–H and O–H groups in total. The largest absolute Gasteiger partial charge is 0.368 e. The highest BCUT2D eigenvalue weighted by atomic mass is 15.3. The minimum Gasteiger partial charge on any atom is -0.368 e. The van der Waals surface area contributed by atoms with Crippen LogP contribution in [0, 0.1) is 0 Å². The number of hydrogen-bond acceptors (Lipinski definition) is 5. The second-order valence-electron chi connectivity index (χ2n) is 6.93. The molecule has 132 valence electrons. The van der Waals surface area contributed by atoms with Gasteiger partial charge in [0.25, 0.3) is 0 Å². The summed E-state index contributed by atoms with van der Waals surface area (Å²) in [6, 6.07) is 12.7. The molecule has 0 aliphatic carbocycles. The Hall–Kier alpha value is -2.30. The van der Waals surface area contributed by atoms with Crippen LogP contribution in [-0.4, -0.2) is 49.2 Å². The minimum absolute atomic E-state index is 0.907. The quantitative estimate of drug-likeness (QED) is 0.859. The molecule has 1 aromatic heterocycles. The summed E-state index contributed by atoms with van der Waals surface area (Å²) in [5, 5.41) is 0. The third-order valence-corrected chi connectivity index (χ3v) is 5.24. The molecule has 2 fully saturated rings. The van der Waals surface area contributed by atoms with Gasteiger partial charge in [0.05, 0.1) is 0 Å². The Balaban J connectivity index is 1.42. The first-order valence-corrected chi connectivity index (χ1v) is 9.53. The number of piperazine rings is 1. The molecule has 5 nitrogen and oxygen atoms in total. The van der Waals surface area contributed by atoms with E-state index in [2.05, 4.69) is 56.1 Å². The van der Waals surface area contributed by atoms with Crippen LogP contribution in [0.3, 0.4) is 0 Å². The molecule has 2 saturated heterocycles. The van der Waals surface area contributed by atoms with Crippen LogP contribution in [0.15, 0.2) is 42.6 Å². The molecule has 0 saturated carbocycles. The number of benzene rings is 1. The van der Waals surface area contributed by atoms with Gasteiger partial charge in [-0.15, -0.1) is 0 Å². The van der Waals surface area contributed by atoms with E-state index in [4.69, 9.17) is 4.98 Å². The maximum Gasteiger partial charge on any atom is 0.227 e. The van der Waals surface area contributed by atoms with Gasteiger partial charge in [0.15, 0.2) is 0 Å². The summed E-state index contributed by atoms with van der Waals surface area (Å²) < 4.78 is 0. The molecule has 0 bridgehead atoms. The summed E-state index contributed by atoms with van der Waals surface area (Å²) in [5.41, 5.74) is 1.31. The third-order valence-electron chi connectivity index (χ3n) is 5.24. The predicted molar refractivity (Wildman–Crippen MR) is 104 cm³/mol. The summed E-state index contributed by atoms with van der Waals surface area (Å²) in [7, 11) is 0. The first-order chi connectivity index (χ1) is 12.4. The Kier molecular flexibility index (Phi) is 5.00. The SMILES string of the molecule is c1ccc(N2CCN(c3ccnc(N4CCCCCC4)n3)CC2)cc1. The van der Waals surface area contributed by atoms with Gasteiger partial charge in [0.2, 0.25) is 5.95 Å². The highest BCUT2D eigenvalue weighted by Crippen LogP contribution is 2.21. The lowest BCUT2D eigenvalue weighted by Gasteiger charge is -2.37. The number of nitrogens with zero attached hydrogens (tertiary/aromatic N) is 5. The average Bonchev–Trinajstić information content (AvgIpc) is 2.99. The lowest BCUT2D eigenvalue weighted by Crippen LogP contribution is -2.47. The second kappa shape index (κ2) is 7.72. The van der Waals surface area contributed by atoms with Gasteiger partial charge >= 0.3 is 0 Å². The Morgan fingerprint density at radius 2 is 1.32 bits per heavy atom. The van der Waals surface area contributed by atoms with Crippen LogP contribution in [-0.2, 0) is 0 Å². The van der Waals surface area contributed by atoms with Crippen LogP contribution in [0.25, 0.3) is 0 Å². The van der Waals surface area contributed by atoms with Crippen molar-refractivity contribution in [2.75, 3.05) is 54.0 Å². The summed E-state index contributed by atoms with van der Waals surface area (Å²) in [4.78, 5) is 16.6. The third kappa shape index (κ3) is 3.86. The van der Waals surface area contributed by atoms with Gasteiger partial charge in [-0.1, -0.05) is 31.0 Å². The molecule has 2 aliphatic rings. The molecule has 5 heteroatoms. The fourth-order valence-corrected chi connectivity index (χ4v) is 3.77. The van der Waals surface area contributed by atoms with Crippen molar-refractivity contribution >= 4 is 17.5 Å². The summed E-state index contributed by atoms with van der Waals surface area (Å²) in [6.07, 6.45) is 7.09. The second-order valence-corrected chi connectivity index (χ2v) is 6.93. The van der Waals surface area contributed by atoms with Crippen LogP contribution in [0.4, 0.5) is 17.5 Å². The van der Waals surface area contributed by atoms with Crippen molar-refractivity contribution in [2.45, 2.75) is 25.7 Å². The molecule has 2 aliphatic heterocycles. The topological polar surface area (TPSA) is 35.5 Å². The van der Waals surface area contributed by atoms with Crippen LogP contribution >= 0.6 is 0 Å². The molecule has 0 amide bonds. The highest BCUT2D eigenvalue weighted by Gasteiger charge is 2.20. The van der Waals surface area contributed by atoms with E-state index >= 15 is 0 Å². The zero-order chi connectivity index (χ0) is 16.9. The molecule has 2 aromatic rings. The monoisotopic (exact) mass is 337 g/mol. The Morgan fingerprint density at radius 1 is 0.640 bits per heavy atom. The molecular weight excluding hydrogens is 310 g/mol. The smallest absolute Gasteiger partial charge is 0.227 e. The predicted octanol–water partition coefficient (Wildman–Crippen LogP) is 3.18. The molecule has 0 radical (unpaired) electrons. The normalized spacial score (nSPS) is 19.0. The molecule has 3 heterocycles. The zero-order valence-electron chi connectivity index (χ0n) is 14.8. The Bertz CT molecular complexity index is 659. The molecule has 0 spiro atoms. The minimum atomic E-state index is 0.907. The summed E-state index contributed by atoms with van der Waals surface area (Å²) >= 11 is 0. The van der Waals surface area contributed by atoms with E-state index in [9.17, 15) is 0 Å². The van der Waals surface area contributed by atoms with Crippen LogP contribution in [0.1, 0.15) is 25.7 Å². The van der Waals surface area contributed by atoms with E-state index in [1.165, 1.54) is 31.4 Å². The fraction of sp³-hybridized carbons (Fsp3) is 0.500. The Morgan fingerprint density at radius 3 is 2.04 bits per heavy atom. The maximum absolute atomic E-state index is 4.88. The van der Waals surface area contributed by atoms with Gasteiger partial charge in [-0.2, -0.15) is 4.98 Å². The van der Waals surface area contributed by atoms with Gasteiger partial charge in [0.1, 0.15) is 5.82 Å². The molecule has 0 atom stereocenters. The van der Waals surface area contributed by atoms with E-state index in [-0.39, 0.29) is 0 Å². The molecule has 1 aromatic carbocycles. The van der Waals surface area contributed by atoms with E-state index < -0.39 is 0 Å². The maximum atomic E-state index is 4.88.